The number of nitrogens with one attached hydrogen (secondary N) is 2. The van der Waals surface area contributed by atoms with Crippen molar-refractivity contribution >= 4 is 5.91 Å². The summed E-state index contributed by atoms with van der Waals surface area (Å²) in [7, 11) is 0. The average molecular weight is 246 g/mol. The topological polar surface area (TPSA) is 41.1 Å². The number of hydrogen-bond donors (Lipinski definition) is 2. The van der Waals surface area contributed by atoms with Crippen LogP contribution in [0.5, 0.6) is 0 Å². The van der Waals surface area contributed by atoms with Crippen molar-refractivity contribution in [2.24, 2.45) is 5.92 Å². The van der Waals surface area contributed by atoms with E-state index in [-0.39, 0.29) is 17.9 Å². The molecule has 1 aliphatic heterocycles. The molecule has 1 aromatic carbocycles. The number of carbonyl (C=O) groups is 1. The number of hydrogen-bond acceptors (Lipinski definition) is 2. The summed E-state index contributed by atoms with van der Waals surface area (Å²) in [5.41, 5.74) is 2.40. The van der Waals surface area contributed by atoms with Gasteiger partial charge in [-0.15, -0.1) is 0 Å². The molecule has 3 nitrogen and oxygen atoms in total. The first-order valence-electron chi connectivity index (χ1n) is 6.74. The minimum atomic E-state index is 0.0827. The summed E-state index contributed by atoms with van der Waals surface area (Å²) in [6, 6.07) is 8.39. The van der Waals surface area contributed by atoms with Gasteiger partial charge in [0, 0.05) is 6.54 Å². The van der Waals surface area contributed by atoms with E-state index in [9.17, 15) is 4.79 Å². The van der Waals surface area contributed by atoms with Crippen LogP contribution in [0.2, 0.25) is 0 Å². The molecule has 2 N–H and O–H groups in total. The lowest BCUT2D eigenvalue weighted by Crippen LogP contribution is -2.41. The molecule has 18 heavy (non-hydrogen) atoms. The molecule has 0 bridgehead atoms. The predicted octanol–water partition coefficient (Wildman–Crippen LogP) is 2.17. The zero-order valence-electron chi connectivity index (χ0n) is 11.2. The zero-order chi connectivity index (χ0) is 13.0. The van der Waals surface area contributed by atoms with Crippen LogP contribution in [-0.4, -0.2) is 19.0 Å². The minimum Gasteiger partial charge on any atom is -0.349 e. The maximum Gasteiger partial charge on any atom is 0.224 e. The standard InChI is InChI=1S/C15H22N2O/c1-11-5-3-6-13(9-11)12(2)17-15(18)14-7-4-8-16-10-14/h3,5-6,9,12,14,16H,4,7-8,10H2,1-2H3,(H,17,18)/t12-,14+/m1/s1. The van der Waals surface area contributed by atoms with Crippen LogP contribution in [0.25, 0.3) is 0 Å². The molecular formula is C15H22N2O. The minimum absolute atomic E-state index is 0.0827. The maximum atomic E-state index is 12.1. The van der Waals surface area contributed by atoms with Gasteiger partial charge in [-0.25, -0.2) is 0 Å². The van der Waals surface area contributed by atoms with Gasteiger partial charge in [-0.1, -0.05) is 29.8 Å². The second kappa shape index (κ2) is 6.01. The molecule has 1 saturated heterocycles. The molecular weight excluding hydrogens is 224 g/mol. The van der Waals surface area contributed by atoms with Crippen LogP contribution >= 0.6 is 0 Å². The van der Waals surface area contributed by atoms with Crippen molar-refractivity contribution in [3.63, 3.8) is 0 Å². The monoisotopic (exact) mass is 246 g/mol. The smallest absolute Gasteiger partial charge is 0.224 e. The Bertz CT molecular complexity index is 411. The fourth-order valence-electron chi connectivity index (χ4n) is 2.43. The van der Waals surface area contributed by atoms with Gasteiger partial charge in [0.2, 0.25) is 5.91 Å². The van der Waals surface area contributed by atoms with E-state index in [0.29, 0.717) is 0 Å². The first-order valence-corrected chi connectivity index (χ1v) is 6.74. The highest BCUT2D eigenvalue weighted by Gasteiger charge is 2.22. The zero-order valence-corrected chi connectivity index (χ0v) is 11.2. The van der Waals surface area contributed by atoms with E-state index in [2.05, 4.69) is 35.8 Å². The van der Waals surface area contributed by atoms with Crippen LogP contribution in [-0.2, 0) is 4.79 Å². The Kier molecular flexibility index (Phi) is 4.37. The third kappa shape index (κ3) is 3.33. The molecule has 98 valence electrons. The Balaban J connectivity index is 1.94. The molecule has 1 aromatic rings. The van der Waals surface area contributed by atoms with Gasteiger partial charge in [0.15, 0.2) is 0 Å². The molecule has 0 aromatic heterocycles. The van der Waals surface area contributed by atoms with Crippen LogP contribution in [0, 0.1) is 12.8 Å². The van der Waals surface area contributed by atoms with Crippen LogP contribution in [0.3, 0.4) is 0 Å². The van der Waals surface area contributed by atoms with Crippen molar-refractivity contribution in [3.05, 3.63) is 35.4 Å². The number of aryl methyl sites for hydroxylation is 1. The third-order valence-corrected chi connectivity index (χ3v) is 3.57. The number of rotatable bonds is 3. The Labute approximate surface area is 109 Å². The van der Waals surface area contributed by atoms with E-state index >= 15 is 0 Å². The number of amides is 1. The Morgan fingerprint density at radius 1 is 1.50 bits per heavy atom. The van der Waals surface area contributed by atoms with E-state index < -0.39 is 0 Å². The quantitative estimate of drug-likeness (QED) is 0.858. The number of piperidine rings is 1. The molecule has 0 unspecified atom stereocenters. The highest BCUT2D eigenvalue weighted by atomic mass is 16.1. The van der Waals surface area contributed by atoms with Gasteiger partial charge in [-0.3, -0.25) is 4.79 Å². The van der Waals surface area contributed by atoms with Gasteiger partial charge in [0.1, 0.15) is 0 Å². The summed E-state index contributed by atoms with van der Waals surface area (Å²) in [6.07, 6.45) is 2.09. The normalized spacial score (nSPS) is 21.3. The van der Waals surface area contributed by atoms with E-state index in [1.165, 1.54) is 11.1 Å². The molecule has 0 aliphatic carbocycles. The summed E-state index contributed by atoms with van der Waals surface area (Å²) >= 11 is 0. The Morgan fingerprint density at radius 3 is 3.00 bits per heavy atom. The fraction of sp³-hybridized carbons (Fsp3) is 0.533. The SMILES string of the molecule is Cc1cccc([C@@H](C)NC(=O)[C@H]2CCCNC2)c1. The van der Waals surface area contributed by atoms with Gasteiger partial charge < -0.3 is 10.6 Å². The molecule has 2 rings (SSSR count). The molecule has 1 heterocycles. The summed E-state index contributed by atoms with van der Waals surface area (Å²) in [5.74, 6) is 0.308. The molecule has 1 fully saturated rings. The van der Waals surface area contributed by atoms with Gasteiger partial charge in [-0.05, 0) is 38.8 Å². The summed E-state index contributed by atoms with van der Waals surface area (Å²) in [6.45, 7) is 5.97. The molecule has 0 radical (unpaired) electrons. The van der Waals surface area contributed by atoms with E-state index in [0.717, 1.165) is 25.9 Å². The second-order valence-electron chi connectivity index (χ2n) is 5.19. The van der Waals surface area contributed by atoms with Gasteiger partial charge in [0.05, 0.1) is 12.0 Å². The second-order valence-corrected chi connectivity index (χ2v) is 5.19. The van der Waals surface area contributed by atoms with Crippen LogP contribution < -0.4 is 10.6 Å². The van der Waals surface area contributed by atoms with Crippen molar-refractivity contribution in [1.29, 1.82) is 0 Å². The molecule has 1 aliphatic rings. The predicted molar refractivity (Wildman–Crippen MR) is 73.3 cm³/mol. The molecule has 0 spiro atoms. The fourth-order valence-corrected chi connectivity index (χ4v) is 2.43. The van der Waals surface area contributed by atoms with Gasteiger partial charge >= 0.3 is 0 Å². The largest absolute Gasteiger partial charge is 0.349 e. The average Bonchev–Trinajstić information content (AvgIpc) is 2.39. The highest BCUT2D eigenvalue weighted by molar-refractivity contribution is 5.79. The molecule has 3 heteroatoms. The summed E-state index contributed by atoms with van der Waals surface area (Å²) in [5, 5.41) is 6.39. The first-order chi connectivity index (χ1) is 8.66. The van der Waals surface area contributed by atoms with Crippen molar-refractivity contribution in [2.75, 3.05) is 13.1 Å². The highest BCUT2D eigenvalue weighted by Crippen LogP contribution is 2.16. The van der Waals surface area contributed by atoms with Gasteiger partial charge in [-0.2, -0.15) is 0 Å². The lowest BCUT2D eigenvalue weighted by molar-refractivity contribution is -0.126. The Morgan fingerprint density at radius 2 is 2.33 bits per heavy atom. The summed E-state index contributed by atoms with van der Waals surface area (Å²) in [4.78, 5) is 12.1. The number of benzene rings is 1. The molecule has 1 amide bonds. The van der Waals surface area contributed by atoms with Crippen molar-refractivity contribution < 1.29 is 4.79 Å². The van der Waals surface area contributed by atoms with Crippen molar-refractivity contribution in [1.82, 2.24) is 10.6 Å². The van der Waals surface area contributed by atoms with E-state index in [4.69, 9.17) is 0 Å². The lowest BCUT2D eigenvalue weighted by Gasteiger charge is -2.24. The van der Waals surface area contributed by atoms with E-state index in [1.807, 2.05) is 13.0 Å². The Hall–Kier alpha value is -1.35. The lowest BCUT2D eigenvalue weighted by atomic mass is 9.97. The first kappa shape index (κ1) is 13.1. The molecule has 0 saturated carbocycles. The maximum absolute atomic E-state index is 12.1. The van der Waals surface area contributed by atoms with Crippen molar-refractivity contribution in [3.8, 4) is 0 Å². The van der Waals surface area contributed by atoms with Crippen LogP contribution in [0.15, 0.2) is 24.3 Å². The van der Waals surface area contributed by atoms with Crippen molar-refractivity contribution in [2.45, 2.75) is 32.7 Å². The van der Waals surface area contributed by atoms with Crippen LogP contribution in [0.1, 0.15) is 36.9 Å². The van der Waals surface area contributed by atoms with Gasteiger partial charge in [0.25, 0.3) is 0 Å². The summed E-state index contributed by atoms with van der Waals surface area (Å²) < 4.78 is 0. The third-order valence-electron chi connectivity index (χ3n) is 3.57. The van der Waals surface area contributed by atoms with Crippen LogP contribution in [0.4, 0.5) is 0 Å². The van der Waals surface area contributed by atoms with E-state index in [1.54, 1.807) is 0 Å². The molecule has 2 atom stereocenters. The number of carbonyl (C=O) groups excluding carboxylic acids is 1.